The number of fused-ring (bicyclic) bond motifs is 1. The fourth-order valence-corrected chi connectivity index (χ4v) is 3.81. The second kappa shape index (κ2) is 8.97. The highest BCUT2D eigenvalue weighted by Crippen LogP contribution is 2.26. The molecule has 2 aromatic rings. The number of hydrazine groups is 1. The van der Waals surface area contributed by atoms with Crippen LogP contribution in [-0.4, -0.2) is 52.3 Å². The molecule has 2 aromatic carbocycles. The van der Waals surface area contributed by atoms with E-state index < -0.39 is 29.7 Å². The molecule has 2 heterocycles. The number of carbonyl (C=O) groups is 3. The second-order valence-corrected chi connectivity index (χ2v) is 7.92. The number of benzene rings is 2. The highest BCUT2D eigenvalue weighted by molar-refractivity contribution is 6.31. The summed E-state index contributed by atoms with van der Waals surface area (Å²) in [6.45, 7) is -0.0986. The van der Waals surface area contributed by atoms with Gasteiger partial charge >= 0.3 is 6.03 Å². The van der Waals surface area contributed by atoms with Crippen molar-refractivity contribution in [1.29, 1.82) is 0 Å². The van der Waals surface area contributed by atoms with E-state index in [1.54, 1.807) is 36.5 Å². The monoisotopic (exact) mass is 457 g/mol. The lowest BCUT2D eigenvalue weighted by atomic mass is 10.1. The number of amides is 4. The van der Waals surface area contributed by atoms with E-state index in [9.17, 15) is 18.8 Å². The van der Waals surface area contributed by atoms with Crippen LogP contribution in [0.4, 0.5) is 9.18 Å². The molecule has 8 nitrogen and oxygen atoms in total. The minimum atomic E-state index is -0.797. The van der Waals surface area contributed by atoms with Crippen LogP contribution in [0.15, 0.2) is 60.4 Å². The number of halogens is 2. The van der Waals surface area contributed by atoms with E-state index in [1.165, 1.54) is 29.2 Å². The Morgan fingerprint density at radius 3 is 2.56 bits per heavy atom. The molecule has 0 saturated carbocycles. The molecule has 4 amide bonds. The summed E-state index contributed by atoms with van der Waals surface area (Å²) in [6.07, 6.45) is 1.61. The van der Waals surface area contributed by atoms with Gasteiger partial charge in [0.2, 0.25) is 5.91 Å². The molecule has 0 bridgehead atoms. The lowest BCUT2D eigenvalue weighted by molar-refractivity contribution is -0.134. The van der Waals surface area contributed by atoms with E-state index >= 15 is 0 Å². The molecular formula is C22H21ClFN5O3. The van der Waals surface area contributed by atoms with Gasteiger partial charge in [0.05, 0.1) is 12.2 Å². The maximum Gasteiger partial charge on any atom is 0.331 e. The number of hydrogen-bond donors (Lipinski definition) is 2. The van der Waals surface area contributed by atoms with Crippen LogP contribution in [0.2, 0.25) is 5.02 Å². The van der Waals surface area contributed by atoms with Crippen LogP contribution in [0.1, 0.15) is 11.1 Å². The number of nitrogens with zero attached hydrogens (tertiary/aromatic N) is 3. The highest BCUT2D eigenvalue weighted by atomic mass is 35.5. The van der Waals surface area contributed by atoms with E-state index in [1.807, 2.05) is 6.07 Å². The standard InChI is InChI=1S/C22H21ClFN5O3/c1-27-12-18-20(26-27)21(31)29(11-14-6-8-16(24)9-7-14)22(32)28(18)13-19(30)25-10-15-4-2-3-5-17(15)23/h2-9,12,20,26H,10-11,13H2,1H3,(H,25,30). The van der Waals surface area contributed by atoms with E-state index in [0.29, 0.717) is 16.3 Å². The fourth-order valence-electron chi connectivity index (χ4n) is 3.61. The Morgan fingerprint density at radius 2 is 1.84 bits per heavy atom. The van der Waals surface area contributed by atoms with Crippen LogP contribution in [-0.2, 0) is 22.7 Å². The zero-order valence-electron chi connectivity index (χ0n) is 17.2. The van der Waals surface area contributed by atoms with Crippen LogP contribution in [0, 0.1) is 5.82 Å². The van der Waals surface area contributed by atoms with Crippen LogP contribution < -0.4 is 10.7 Å². The van der Waals surface area contributed by atoms with Crippen LogP contribution >= 0.6 is 11.6 Å². The normalized spacial score (nSPS) is 18.0. The number of imide groups is 1. The van der Waals surface area contributed by atoms with E-state index in [0.717, 1.165) is 10.5 Å². The molecule has 0 spiro atoms. The van der Waals surface area contributed by atoms with Gasteiger partial charge in [-0.05, 0) is 29.3 Å². The summed E-state index contributed by atoms with van der Waals surface area (Å²) >= 11 is 6.13. The molecule has 10 heteroatoms. The smallest absolute Gasteiger partial charge is 0.331 e. The van der Waals surface area contributed by atoms with Gasteiger partial charge in [-0.15, -0.1) is 0 Å². The van der Waals surface area contributed by atoms with Gasteiger partial charge in [-0.3, -0.25) is 19.4 Å². The summed E-state index contributed by atoms with van der Waals surface area (Å²) in [6, 6.07) is 11.3. The first-order valence-electron chi connectivity index (χ1n) is 9.91. The quantitative estimate of drug-likeness (QED) is 0.695. The Labute approximate surface area is 189 Å². The average Bonchev–Trinajstić information content (AvgIpc) is 3.16. The first-order chi connectivity index (χ1) is 15.3. The van der Waals surface area contributed by atoms with Crippen LogP contribution in [0.25, 0.3) is 0 Å². The van der Waals surface area contributed by atoms with Gasteiger partial charge in [-0.25, -0.2) is 14.6 Å². The third-order valence-corrected chi connectivity index (χ3v) is 5.60. The first-order valence-corrected chi connectivity index (χ1v) is 10.3. The molecule has 1 unspecified atom stereocenters. The van der Waals surface area contributed by atoms with Crippen molar-refractivity contribution in [3.05, 3.63) is 82.4 Å². The van der Waals surface area contributed by atoms with Crippen molar-refractivity contribution in [2.75, 3.05) is 13.6 Å². The summed E-state index contributed by atoms with van der Waals surface area (Å²) in [5, 5.41) is 4.86. The van der Waals surface area contributed by atoms with Crippen molar-refractivity contribution >= 4 is 29.4 Å². The number of hydrogen-bond acceptors (Lipinski definition) is 5. The zero-order chi connectivity index (χ0) is 22.8. The summed E-state index contributed by atoms with van der Waals surface area (Å²) < 4.78 is 13.2. The summed E-state index contributed by atoms with van der Waals surface area (Å²) in [4.78, 5) is 41.1. The van der Waals surface area contributed by atoms with Crippen molar-refractivity contribution in [3.63, 3.8) is 0 Å². The maximum absolute atomic E-state index is 13.2. The lowest BCUT2D eigenvalue weighted by Gasteiger charge is -2.37. The Bertz CT molecular complexity index is 1090. The maximum atomic E-state index is 13.2. The molecule has 166 valence electrons. The molecule has 0 aliphatic carbocycles. The molecular weight excluding hydrogens is 437 g/mol. The van der Waals surface area contributed by atoms with Crippen LogP contribution in [0.5, 0.6) is 0 Å². The summed E-state index contributed by atoms with van der Waals surface area (Å²) in [5.41, 5.74) is 4.70. The highest BCUT2D eigenvalue weighted by Gasteiger charge is 2.46. The Kier molecular flexibility index (Phi) is 6.11. The van der Waals surface area contributed by atoms with Crippen molar-refractivity contribution in [2.45, 2.75) is 19.1 Å². The largest absolute Gasteiger partial charge is 0.350 e. The fraction of sp³-hybridized carbons (Fsp3) is 0.227. The summed E-state index contributed by atoms with van der Waals surface area (Å²) in [5.74, 6) is -1.25. The molecule has 0 radical (unpaired) electrons. The molecule has 4 rings (SSSR count). The molecule has 2 N–H and O–H groups in total. The Hall–Kier alpha value is -3.43. The van der Waals surface area contributed by atoms with Gasteiger partial charge in [-0.2, -0.15) is 0 Å². The predicted molar refractivity (Wildman–Crippen MR) is 115 cm³/mol. The second-order valence-electron chi connectivity index (χ2n) is 7.51. The van der Waals surface area contributed by atoms with E-state index in [4.69, 9.17) is 11.6 Å². The first kappa shape index (κ1) is 21.8. The van der Waals surface area contributed by atoms with E-state index in [-0.39, 0.29) is 19.6 Å². The molecule has 32 heavy (non-hydrogen) atoms. The molecule has 1 atom stereocenters. The molecule has 2 aliphatic heterocycles. The average molecular weight is 458 g/mol. The van der Waals surface area contributed by atoms with Gasteiger partial charge in [0, 0.05) is 24.8 Å². The number of rotatable bonds is 6. The summed E-state index contributed by atoms with van der Waals surface area (Å²) in [7, 11) is 1.70. The van der Waals surface area contributed by atoms with Gasteiger partial charge in [0.25, 0.3) is 5.91 Å². The molecule has 2 aliphatic rings. The van der Waals surface area contributed by atoms with Crippen LogP contribution in [0.3, 0.4) is 0 Å². The predicted octanol–water partition coefficient (Wildman–Crippen LogP) is 2.22. The van der Waals surface area contributed by atoms with Crippen molar-refractivity contribution in [1.82, 2.24) is 25.6 Å². The lowest BCUT2D eigenvalue weighted by Crippen LogP contribution is -2.61. The number of carbonyl (C=O) groups excluding carboxylic acids is 3. The SMILES string of the molecule is CN1C=C2C(N1)C(=O)N(Cc1ccc(F)cc1)C(=O)N2CC(=O)NCc1ccccc1Cl. The Morgan fingerprint density at radius 1 is 1.12 bits per heavy atom. The van der Waals surface area contributed by atoms with E-state index in [2.05, 4.69) is 10.7 Å². The van der Waals surface area contributed by atoms with Crippen molar-refractivity contribution in [2.24, 2.45) is 0 Å². The van der Waals surface area contributed by atoms with Crippen molar-refractivity contribution < 1.29 is 18.8 Å². The minimum Gasteiger partial charge on any atom is -0.350 e. The molecule has 0 aromatic heterocycles. The topological polar surface area (TPSA) is 85.0 Å². The number of urea groups is 1. The minimum absolute atomic E-state index is 0.0368. The zero-order valence-corrected chi connectivity index (χ0v) is 18.0. The van der Waals surface area contributed by atoms with Gasteiger partial charge in [0.1, 0.15) is 18.4 Å². The number of nitrogens with one attached hydrogen (secondary N) is 2. The molecule has 1 saturated heterocycles. The third-order valence-electron chi connectivity index (χ3n) is 5.23. The van der Waals surface area contributed by atoms with Gasteiger partial charge < -0.3 is 10.3 Å². The Balaban J connectivity index is 1.51. The van der Waals surface area contributed by atoms with Gasteiger partial charge in [0.15, 0.2) is 0 Å². The molecule has 1 fully saturated rings. The van der Waals surface area contributed by atoms with Gasteiger partial charge in [-0.1, -0.05) is 41.9 Å². The van der Waals surface area contributed by atoms with Crippen molar-refractivity contribution in [3.8, 4) is 0 Å². The third kappa shape index (κ3) is 4.44.